The van der Waals surface area contributed by atoms with Crippen molar-refractivity contribution in [2.45, 2.75) is 114 Å². The fourth-order valence-electron chi connectivity index (χ4n) is 6.82. The molecule has 0 bridgehead atoms. The molecule has 0 aromatic heterocycles. The number of carbonyl (C=O) groups excluding carboxylic acids is 3. The van der Waals surface area contributed by atoms with Gasteiger partial charge >= 0.3 is 17.9 Å². The highest BCUT2D eigenvalue weighted by Gasteiger charge is 2.46. The third-order valence-corrected chi connectivity index (χ3v) is 12.3. The standard InChI is InChI=1S/C27H48N3O6P/c1-19(28-16-10-7-13-22(28)25(31)34-4)37(20(2)29-17-11-8-14-23(29)26(32)35-5)21(3)30-18-12-9-15-24(30)27(33)36-6/h19-24H,7-18H2,1-6H3. The average molecular weight is 542 g/mol. The van der Waals surface area contributed by atoms with Crippen LogP contribution >= 0.6 is 7.92 Å². The Labute approximate surface area is 224 Å². The number of piperidine rings is 3. The first-order valence-corrected chi connectivity index (χ1v) is 15.6. The minimum absolute atomic E-state index is 0.102. The summed E-state index contributed by atoms with van der Waals surface area (Å²) in [6, 6.07) is -0.768. The summed E-state index contributed by atoms with van der Waals surface area (Å²) in [7, 11) is 3.58. The van der Waals surface area contributed by atoms with Crippen LogP contribution in [0.5, 0.6) is 0 Å². The second-order valence-electron chi connectivity index (χ2n) is 10.7. The van der Waals surface area contributed by atoms with Crippen LogP contribution in [0.4, 0.5) is 0 Å². The van der Waals surface area contributed by atoms with Crippen molar-refractivity contribution in [3.05, 3.63) is 0 Å². The Morgan fingerprint density at radius 3 is 1.08 bits per heavy atom. The largest absolute Gasteiger partial charge is 0.468 e. The smallest absolute Gasteiger partial charge is 0.323 e. The quantitative estimate of drug-likeness (QED) is 0.247. The van der Waals surface area contributed by atoms with Crippen molar-refractivity contribution >= 4 is 25.8 Å². The summed E-state index contributed by atoms with van der Waals surface area (Å²) in [5.74, 6) is -0.201. The van der Waals surface area contributed by atoms with E-state index in [0.717, 1.165) is 77.4 Å². The second-order valence-corrected chi connectivity index (χ2v) is 13.8. The predicted molar refractivity (Wildman–Crippen MR) is 144 cm³/mol. The molecule has 0 spiro atoms. The zero-order valence-corrected chi connectivity index (χ0v) is 24.6. The fourth-order valence-corrected chi connectivity index (χ4v) is 10.6. The Morgan fingerprint density at radius 1 is 0.568 bits per heavy atom. The molecule has 6 unspecified atom stereocenters. The van der Waals surface area contributed by atoms with Crippen LogP contribution in [0.1, 0.15) is 78.6 Å². The van der Waals surface area contributed by atoms with Gasteiger partial charge in [0, 0.05) is 17.3 Å². The van der Waals surface area contributed by atoms with Gasteiger partial charge < -0.3 is 14.2 Å². The highest BCUT2D eigenvalue weighted by molar-refractivity contribution is 7.59. The summed E-state index contributed by atoms with van der Waals surface area (Å²) in [6.45, 7) is 9.27. The molecule has 3 aliphatic heterocycles. The SMILES string of the molecule is COC(=O)C1CCCCN1C(C)P(C(C)N1CCCCC1C(=O)OC)C(C)N1CCCCC1C(=O)OC. The van der Waals surface area contributed by atoms with Gasteiger partial charge in [0.05, 0.1) is 21.3 Å². The first-order valence-electron chi connectivity index (χ1n) is 14.0. The van der Waals surface area contributed by atoms with E-state index >= 15 is 0 Å². The van der Waals surface area contributed by atoms with Gasteiger partial charge in [-0.3, -0.25) is 29.1 Å². The first kappa shape index (κ1) is 30.3. The van der Waals surface area contributed by atoms with Crippen molar-refractivity contribution < 1.29 is 28.6 Å². The molecule has 6 atom stereocenters. The molecule has 0 amide bonds. The Balaban J connectivity index is 1.99. The lowest BCUT2D eigenvalue weighted by Gasteiger charge is -2.52. The Hall–Kier alpha value is -1.28. The lowest BCUT2D eigenvalue weighted by Crippen LogP contribution is -2.56. The molecule has 0 N–H and O–H groups in total. The third kappa shape index (κ3) is 6.84. The molecule has 37 heavy (non-hydrogen) atoms. The van der Waals surface area contributed by atoms with Crippen molar-refractivity contribution in [1.82, 2.24) is 14.7 Å². The Morgan fingerprint density at radius 2 is 0.838 bits per heavy atom. The summed E-state index contributed by atoms with van der Waals surface area (Å²) in [5, 5.41) is 0. The molecule has 3 heterocycles. The van der Waals surface area contributed by atoms with E-state index in [1.807, 2.05) is 0 Å². The lowest BCUT2D eigenvalue weighted by molar-refractivity contribution is -0.149. The van der Waals surface area contributed by atoms with Gasteiger partial charge in [0.15, 0.2) is 0 Å². The number of methoxy groups -OCH3 is 3. The van der Waals surface area contributed by atoms with E-state index in [-0.39, 0.29) is 53.4 Å². The van der Waals surface area contributed by atoms with Crippen LogP contribution in [-0.4, -0.2) is 109 Å². The minimum atomic E-state index is -0.828. The molecule has 10 heteroatoms. The van der Waals surface area contributed by atoms with Gasteiger partial charge in [-0.15, -0.1) is 0 Å². The van der Waals surface area contributed by atoms with Gasteiger partial charge in [0.25, 0.3) is 0 Å². The summed E-state index contributed by atoms with van der Waals surface area (Å²) >= 11 is 0. The molecular formula is C27H48N3O6P. The van der Waals surface area contributed by atoms with Crippen LogP contribution in [0.15, 0.2) is 0 Å². The van der Waals surface area contributed by atoms with Gasteiger partial charge in [-0.1, -0.05) is 27.2 Å². The van der Waals surface area contributed by atoms with Gasteiger partial charge in [-0.25, -0.2) is 0 Å². The van der Waals surface area contributed by atoms with E-state index in [1.165, 1.54) is 21.3 Å². The van der Waals surface area contributed by atoms with E-state index in [0.29, 0.717) is 0 Å². The maximum Gasteiger partial charge on any atom is 0.323 e. The molecule has 3 fully saturated rings. The maximum absolute atomic E-state index is 12.8. The van der Waals surface area contributed by atoms with E-state index in [1.54, 1.807) is 0 Å². The van der Waals surface area contributed by atoms with E-state index in [4.69, 9.17) is 14.2 Å². The molecule has 0 saturated carbocycles. The van der Waals surface area contributed by atoms with Crippen LogP contribution in [0, 0.1) is 0 Å². The second kappa shape index (κ2) is 14.2. The number of rotatable bonds is 9. The number of hydrogen-bond donors (Lipinski definition) is 0. The first-order chi connectivity index (χ1) is 17.8. The summed E-state index contributed by atoms with van der Waals surface area (Å²) in [5.41, 5.74) is 0. The van der Waals surface area contributed by atoms with E-state index < -0.39 is 7.92 Å². The fraction of sp³-hybridized carbons (Fsp3) is 0.889. The maximum atomic E-state index is 12.8. The van der Waals surface area contributed by atoms with Crippen LogP contribution in [0.2, 0.25) is 0 Å². The monoisotopic (exact) mass is 541 g/mol. The van der Waals surface area contributed by atoms with Gasteiger partial charge in [0.1, 0.15) is 18.1 Å². The molecule has 3 saturated heterocycles. The molecule has 0 aromatic rings. The molecule has 0 aliphatic carbocycles. The highest BCUT2D eigenvalue weighted by Crippen LogP contribution is 2.56. The number of ether oxygens (including phenoxy) is 3. The van der Waals surface area contributed by atoms with Gasteiger partial charge in [0.2, 0.25) is 0 Å². The average Bonchev–Trinajstić information content (AvgIpc) is 2.95. The summed E-state index contributed by atoms with van der Waals surface area (Å²) < 4.78 is 15.6. The van der Waals surface area contributed by atoms with Crippen LogP contribution in [0.25, 0.3) is 0 Å². The topological polar surface area (TPSA) is 88.6 Å². The van der Waals surface area contributed by atoms with Crippen LogP contribution < -0.4 is 0 Å². The molecule has 212 valence electrons. The Bertz CT molecular complexity index is 685. The van der Waals surface area contributed by atoms with Gasteiger partial charge in [-0.2, -0.15) is 0 Å². The predicted octanol–water partition coefficient (Wildman–Crippen LogP) is 3.59. The van der Waals surface area contributed by atoms with Crippen molar-refractivity contribution in [3.8, 4) is 0 Å². The normalized spacial score (nSPS) is 29.5. The van der Waals surface area contributed by atoms with Crippen LogP contribution in [0.3, 0.4) is 0 Å². The van der Waals surface area contributed by atoms with Crippen molar-refractivity contribution in [1.29, 1.82) is 0 Å². The number of likely N-dealkylation sites (tertiary alicyclic amines) is 3. The van der Waals surface area contributed by atoms with Crippen LogP contribution in [-0.2, 0) is 28.6 Å². The molecular weight excluding hydrogens is 493 g/mol. The highest BCUT2D eigenvalue weighted by atomic mass is 31.1. The summed E-state index contributed by atoms with van der Waals surface area (Å²) in [4.78, 5) is 45.5. The Kier molecular flexibility index (Phi) is 11.6. The number of esters is 3. The molecule has 0 radical (unpaired) electrons. The van der Waals surface area contributed by atoms with E-state index in [2.05, 4.69) is 35.5 Å². The zero-order valence-electron chi connectivity index (χ0n) is 23.7. The molecule has 9 nitrogen and oxygen atoms in total. The summed E-state index contributed by atoms with van der Waals surface area (Å²) in [6.07, 6.45) is 8.58. The molecule has 3 rings (SSSR count). The molecule has 3 aliphatic rings. The van der Waals surface area contributed by atoms with Gasteiger partial charge in [-0.05, 0) is 78.9 Å². The number of carbonyl (C=O) groups is 3. The zero-order chi connectivity index (χ0) is 27.1. The van der Waals surface area contributed by atoms with Crippen molar-refractivity contribution in [3.63, 3.8) is 0 Å². The lowest BCUT2D eigenvalue weighted by atomic mass is 10.0. The molecule has 0 aromatic carbocycles. The van der Waals surface area contributed by atoms with Crippen molar-refractivity contribution in [2.24, 2.45) is 0 Å². The number of nitrogens with zero attached hydrogens (tertiary/aromatic N) is 3. The van der Waals surface area contributed by atoms with Crippen molar-refractivity contribution in [2.75, 3.05) is 41.0 Å². The minimum Gasteiger partial charge on any atom is -0.468 e. The third-order valence-electron chi connectivity index (χ3n) is 8.79. The van der Waals surface area contributed by atoms with E-state index in [9.17, 15) is 14.4 Å². The number of hydrogen-bond acceptors (Lipinski definition) is 9.